The van der Waals surface area contributed by atoms with E-state index in [2.05, 4.69) is 0 Å². The van der Waals surface area contributed by atoms with Gasteiger partial charge in [0.25, 0.3) is 5.69 Å². The Kier molecular flexibility index (Phi) is 4.11. The predicted molar refractivity (Wildman–Crippen MR) is 74.3 cm³/mol. The van der Waals surface area contributed by atoms with Gasteiger partial charge in [-0.25, -0.2) is 4.79 Å². The number of benzene rings is 1. The van der Waals surface area contributed by atoms with Gasteiger partial charge < -0.3 is 14.2 Å². The number of carbonyl (C=O) groups excluding carboxylic acids is 1. The third-order valence-corrected chi connectivity index (χ3v) is 3.14. The van der Waals surface area contributed by atoms with Crippen molar-refractivity contribution in [3.63, 3.8) is 0 Å². The summed E-state index contributed by atoms with van der Waals surface area (Å²) >= 11 is 0. The average Bonchev–Trinajstić information content (AvgIpc) is 2.76. The third-order valence-electron chi connectivity index (χ3n) is 3.14. The lowest BCUT2D eigenvalue weighted by atomic mass is 10.1. The Morgan fingerprint density at radius 1 is 1.33 bits per heavy atom. The first-order chi connectivity index (χ1) is 9.96. The zero-order valence-electron chi connectivity index (χ0n) is 11.9. The van der Waals surface area contributed by atoms with Gasteiger partial charge in [0.2, 0.25) is 0 Å². The van der Waals surface area contributed by atoms with Gasteiger partial charge in [-0.2, -0.15) is 0 Å². The van der Waals surface area contributed by atoms with Crippen molar-refractivity contribution in [1.82, 2.24) is 0 Å². The van der Waals surface area contributed by atoms with E-state index in [9.17, 15) is 14.9 Å². The van der Waals surface area contributed by atoms with Crippen LogP contribution in [0.2, 0.25) is 0 Å². The maximum atomic E-state index is 11.6. The average molecular weight is 293 g/mol. The van der Waals surface area contributed by atoms with Crippen molar-refractivity contribution in [3.05, 3.63) is 33.4 Å². The summed E-state index contributed by atoms with van der Waals surface area (Å²) in [5.74, 6) is 0.162. The van der Waals surface area contributed by atoms with E-state index in [0.29, 0.717) is 17.7 Å². The fraction of sp³-hybridized carbons (Fsp3) is 0.357. The molecule has 1 aromatic rings. The zero-order chi connectivity index (χ0) is 15.6. The Balaban J connectivity index is 2.54. The second kappa shape index (κ2) is 5.82. The molecule has 7 nitrogen and oxygen atoms in total. The number of nitro benzene ring substituents is 1. The number of cyclic esters (lactones) is 1. The predicted octanol–water partition coefficient (Wildman–Crippen LogP) is 2.33. The summed E-state index contributed by atoms with van der Waals surface area (Å²) < 4.78 is 15.2. The van der Waals surface area contributed by atoms with E-state index in [1.54, 1.807) is 6.92 Å². The standard InChI is InChI=1S/C14H15NO6/c1-8-4-10(14(16)21-8)5-9-6-12(19-2)13(20-3)7-11(9)15(17)18/h5-8H,4H2,1-3H3/b10-5-/t8-/m0/s1. The van der Waals surface area contributed by atoms with Crippen LogP contribution in [0.4, 0.5) is 5.69 Å². The molecule has 0 spiro atoms. The van der Waals surface area contributed by atoms with Gasteiger partial charge >= 0.3 is 5.97 Å². The van der Waals surface area contributed by atoms with Crippen molar-refractivity contribution in [3.8, 4) is 11.5 Å². The van der Waals surface area contributed by atoms with Crippen LogP contribution in [0.3, 0.4) is 0 Å². The Bertz CT molecular complexity index is 622. The first-order valence-electron chi connectivity index (χ1n) is 6.28. The second-order valence-corrected chi connectivity index (χ2v) is 4.61. The molecule has 2 rings (SSSR count). The molecular weight excluding hydrogens is 278 g/mol. The molecule has 1 aliphatic rings. The maximum Gasteiger partial charge on any atom is 0.334 e. The van der Waals surface area contributed by atoms with Gasteiger partial charge in [-0.1, -0.05) is 0 Å². The lowest BCUT2D eigenvalue weighted by molar-refractivity contribution is -0.385. The van der Waals surface area contributed by atoms with Crippen LogP contribution in [0.5, 0.6) is 11.5 Å². The van der Waals surface area contributed by atoms with Gasteiger partial charge in [-0.3, -0.25) is 10.1 Å². The van der Waals surface area contributed by atoms with E-state index in [1.807, 2.05) is 0 Å². The van der Waals surface area contributed by atoms with E-state index in [0.717, 1.165) is 0 Å². The van der Waals surface area contributed by atoms with E-state index >= 15 is 0 Å². The monoisotopic (exact) mass is 293 g/mol. The van der Waals surface area contributed by atoms with Crippen molar-refractivity contribution >= 4 is 17.7 Å². The molecule has 0 saturated carbocycles. The summed E-state index contributed by atoms with van der Waals surface area (Å²) in [4.78, 5) is 22.3. The van der Waals surface area contributed by atoms with Gasteiger partial charge in [-0.05, 0) is 19.1 Å². The largest absolute Gasteiger partial charge is 0.493 e. The highest BCUT2D eigenvalue weighted by molar-refractivity contribution is 5.96. The first-order valence-corrected chi connectivity index (χ1v) is 6.28. The number of carbonyl (C=O) groups is 1. The highest BCUT2D eigenvalue weighted by Crippen LogP contribution is 2.36. The molecule has 0 bridgehead atoms. The minimum atomic E-state index is -0.530. The Labute approximate surface area is 121 Å². The normalized spacial score (nSPS) is 19.5. The molecule has 112 valence electrons. The van der Waals surface area contributed by atoms with Gasteiger partial charge in [0, 0.05) is 12.0 Å². The quantitative estimate of drug-likeness (QED) is 0.366. The van der Waals surface area contributed by atoms with Gasteiger partial charge in [0.15, 0.2) is 11.5 Å². The summed E-state index contributed by atoms with van der Waals surface area (Å²) in [7, 11) is 2.84. The third kappa shape index (κ3) is 2.96. The van der Waals surface area contributed by atoms with Crippen LogP contribution >= 0.6 is 0 Å². The molecule has 1 atom stereocenters. The molecule has 0 amide bonds. The fourth-order valence-corrected chi connectivity index (χ4v) is 2.16. The number of ether oxygens (including phenoxy) is 3. The molecule has 1 aliphatic heterocycles. The molecule has 0 unspecified atom stereocenters. The molecular formula is C14H15NO6. The van der Waals surface area contributed by atoms with Crippen molar-refractivity contribution in [2.75, 3.05) is 14.2 Å². The van der Waals surface area contributed by atoms with Crippen LogP contribution in [0, 0.1) is 10.1 Å². The van der Waals surface area contributed by atoms with Crippen LogP contribution in [-0.4, -0.2) is 31.2 Å². The molecule has 1 aromatic carbocycles. The number of methoxy groups -OCH3 is 2. The summed E-state index contributed by atoms with van der Waals surface area (Å²) in [5.41, 5.74) is 0.518. The second-order valence-electron chi connectivity index (χ2n) is 4.61. The maximum absolute atomic E-state index is 11.6. The molecule has 1 fully saturated rings. The smallest absolute Gasteiger partial charge is 0.334 e. The lowest BCUT2D eigenvalue weighted by Crippen LogP contribution is -2.00. The van der Waals surface area contributed by atoms with E-state index in [4.69, 9.17) is 14.2 Å². The van der Waals surface area contributed by atoms with Crippen molar-refractivity contribution in [2.45, 2.75) is 19.4 Å². The Morgan fingerprint density at radius 3 is 2.43 bits per heavy atom. The SMILES string of the molecule is COc1cc(/C=C2/C[C@H](C)OC2=O)c([N+](=O)[O-])cc1OC. The van der Waals surface area contributed by atoms with E-state index in [-0.39, 0.29) is 23.1 Å². The number of esters is 1. The van der Waals surface area contributed by atoms with E-state index in [1.165, 1.54) is 32.4 Å². The van der Waals surface area contributed by atoms with Gasteiger partial charge in [-0.15, -0.1) is 0 Å². The summed E-state index contributed by atoms with van der Waals surface area (Å²) in [6, 6.07) is 2.75. The molecule has 0 aliphatic carbocycles. The molecule has 0 radical (unpaired) electrons. The van der Waals surface area contributed by atoms with Crippen LogP contribution in [0.25, 0.3) is 6.08 Å². The summed E-state index contributed by atoms with van der Waals surface area (Å²) in [6.07, 6.45) is 1.67. The van der Waals surface area contributed by atoms with Crippen LogP contribution < -0.4 is 9.47 Å². The highest BCUT2D eigenvalue weighted by atomic mass is 16.6. The molecule has 21 heavy (non-hydrogen) atoms. The van der Waals surface area contributed by atoms with Crippen LogP contribution in [-0.2, 0) is 9.53 Å². The molecule has 0 aromatic heterocycles. The van der Waals surface area contributed by atoms with Crippen LogP contribution in [0.15, 0.2) is 17.7 Å². The Hall–Kier alpha value is -2.57. The van der Waals surface area contributed by atoms with Crippen molar-refractivity contribution in [2.24, 2.45) is 0 Å². The number of nitrogens with zero attached hydrogens (tertiary/aromatic N) is 1. The van der Waals surface area contributed by atoms with Gasteiger partial charge in [0.05, 0.1) is 30.8 Å². The molecule has 0 N–H and O–H groups in total. The number of hydrogen-bond acceptors (Lipinski definition) is 6. The van der Waals surface area contributed by atoms with Crippen molar-refractivity contribution < 1.29 is 23.9 Å². The fourth-order valence-electron chi connectivity index (χ4n) is 2.16. The Morgan fingerprint density at radius 2 is 1.95 bits per heavy atom. The van der Waals surface area contributed by atoms with E-state index < -0.39 is 10.9 Å². The number of hydrogen-bond donors (Lipinski definition) is 0. The minimum absolute atomic E-state index is 0.160. The van der Waals surface area contributed by atoms with Crippen LogP contribution in [0.1, 0.15) is 18.9 Å². The minimum Gasteiger partial charge on any atom is -0.493 e. The van der Waals surface area contributed by atoms with Gasteiger partial charge in [0.1, 0.15) is 6.10 Å². The lowest BCUT2D eigenvalue weighted by Gasteiger charge is -2.09. The first kappa shape index (κ1) is 14.8. The highest BCUT2D eigenvalue weighted by Gasteiger charge is 2.27. The molecule has 1 saturated heterocycles. The topological polar surface area (TPSA) is 87.9 Å². The molecule has 1 heterocycles. The molecule has 7 heteroatoms. The summed E-state index contributed by atoms with van der Waals surface area (Å²) in [6.45, 7) is 1.77. The van der Waals surface area contributed by atoms with Crippen molar-refractivity contribution in [1.29, 1.82) is 0 Å². The summed E-state index contributed by atoms with van der Waals surface area (Å²) in [5, 5.41) is 11.2. The number of rotatable bonds is 4. The number of nitro groups is 1. The zero-order valence-corrected chi connectivity index (χ0v) is 11.9.